The number of methoxy groups -OCH3 is 3. The third kappa shape index (κ3) is 6.19. The quantitative estimate of drug-likeness (QED) is 0.451. The van der Waals surface area contributed by atoms with Gasteiger partial charge in [0, 0.05) is 43.9 Å². The van der Waals surface area contributed by atoms with Gasteiger partial charge in [0.1, 0.15) is 5.82 Å². The van der Waals surface area contributed by atoms with Crippen molar-refractivity contribution in [3.05, 3.63) is 71.4 Å². The maximum atomic E-state index is 12.7. The van der Waals surface area contributed by atoms with Crippen molar-refractivity contribution in [2.24, 2.45) is 0 Å². The number of nitrogens with one attached hydrogen (secondary N) is 1. The van der Waals surface area contributed by atoms with Crippen LogP contribution in [0.15, 0.2) is 54.7 Å². The molecule has 8 heteroatoms. The summed E-state index contributed by atoms with van der Waals surface area (Å²) in [6.07, 6.45) is 1.72. The van der Waals surface area contributed by atoms with Gasteiger partial charge in [-0.2, -0.15) is 0 Å². The van der Waals surface area contributed by atoms with Gasteiger partial charge in [0.05, 0.1) is 33.2 Å². The van der Waals surface area contributed by atoms with Gasteiger partial charge in [-0.15, -0.1) is 0 Å². The molecule has 8 nitrogen and oxygen atoms in total. The standard InChI is InChI=1S/C30H38N4O4/c1-30(2,3)23-10-7-21(8-11-23)29(35)32-24-12-14-26(31-19-24)34-17-15-33(16-18-34)20-22-9-13-25(36-4)28(38-6)27(22)37-5/h7-14,19H,15-18,20H2,1-6H3,(H,32,35). The van der Waals surface area contributed by atoms with Crippen LogP contribution in [0.4, 0.5) is 11.5 Å². The molecule has 1 N–H and O–H groups in total. The summed E-state index contributed by atoms with van der Waals surface area (Å²) in [7, 11) is 4.90. The van der Waals surface area contributed by atoms with E-state index in [0.29, 0.717) is 28.5 Å². The Bertz CT molecular complexity index is 1230. The summed E-state index contributed by atoms with van der Waals surface area (Å²) in [6.45, 7) is 10.7. The Morgan fingerprint density at radius 3 is 2.11 bits per heavy atom. The van der Waals surface area contributed by atoms with Gasteiger partial charge < -0.3 is 24.4 Å². The zero-order chi connectivity index (χ0) is 27.3. The van der Waals surface area contributed by atoms with E-state index in [2.05, 4.69) is 40.9 Å². The summed E-state index contributed by atoms with van der Waals surface area (Å²) in [5, 5.41) is 2.95. The van der Waals surface area contributed by atoms with E-state index in [1.54, 1.807) is 27.5 Å². The molecule has 0 saturated carbocycles. The summed E-state index contributed by atoms with van der Waals surface area (Å²) >= 11 is 0. The molecule has 1 amide bonds. The summed E-state index contributed by atoms with van der Waals surface area (Å²) in [5.41, 5.74) is 3.62. The Labute approximate surface area is 225 Å². The molecule has 2 aromatic carbocycles. The molecule has 0 radical (unpaired) electrons. The van der Waals surface area contributed by atoms with Crippen LogP contribution in [0.3, 0.4) is 0 Å². The molecule has 4 rings (SSSR count). The topological polar surface area (TPSA) is 76.2 Å². The third-order valence-electron chi connectivity index (χ3n) is 6.89. The van der Waals surface area contributed by atoms with Gasteiger partial charge in [-0.05, 0) is 41.3 Å². The van der Waals surface area contributed by atoms with E-state index in [4.69, 9.17) is 14.2 Å². The lowest BCUT2D eigenvalue weighted by Gasteiger charge is -2.35. The van der Waals surface area contributed by atoms with E-state index < -0.39 is 0 Å². The number of pyridine rings is 1. The second kappa shape index (κ2) is 11.7. The van der Waals surface area contributed by atoms with E-state index in [0.717, 1.165) is 44.1 Å². The molecule has 0 unspecified atom stereocenters. The molecule has 0 atom stereocenters. The van der Waals surface area contributed by atoms with Crippen molar-refractivity contribution in [1.82, 2.24) is 9.88 Å². The fourth-order valence-electron chi connectivity index (χ4n) is 4.64. The number of carbonyl (C=O) groups excluding carboxylic acids is 1. The van der Waals surface area contributed by atoms with Crippen LogP contribution < -0.4 is 24.4 Å². The second-order valence-electron chi connectivity index (χ2n) is 10.4. The highest BCUT2D eigenvalue weighted by molar-refractivity contribution is 6.04. The minimum absolute atomic E-state index is 0.0519. The lowest BCUT2D eigenvalue weighted by molar-refractivity contribution is 0.102. The van der Waals surface area contributed by atoms with E-state index in [-0.39, 0.29) is 11.3 Å². The van der Waals surface area contributed by atoms with Crippen molar-refractivity contribution < 1.29 is 19.0 Å². The fraction of sp³-hybridized carbons (Fsp3) is 0.400. The van der Waals surface area contributed by atoms with Crippen LogP contribution in [0.2, 0.25) is 0 Å². The zero-order valence-corrected chi connectivity index (χ0v) is 23.2. The number of hydrogen-bond acceptors (Lipinski definition) is 7. The number of rotatable bonds is 8. The van der Waals surface area contributed by atoms with Gasteiger partial charge in [0.25, 0.3) is 5.91 Å². The van der Waals surface area contributed by atoms with E-state index in [9.17, 15) is 4.79 Å². The Hall–Kier alpha value is -3.78. The molecule has 3 aromatic rings. The first kappa shape index (κ1) is 27.3. The monoisotopic (exact) mass is 518 g/mol. The molecule has 0 bridgehead atoms. The Balaban J connectivity index is 1.32. The molecular formula is C30H38N4O4. The van der Waals surface area contributed by atoms with Gasteiger partial charge in [-0.25, -0.2) is 4.98 Å². The highest BCUT2D eigenvalue weighted by atomic mass is 16.5. The van der Waals surface area contributed by atoms with Crippen molar-refractivity contribution in [1.29, 1.82) is 0 Å². The smallest absolute Gasteiger partial charge is 0.255 e. The van der Waals surface area contributed by atoms with Crippen molar-refractivity contribution >= 4 is 17.4 Å². The van der Waals surface area contributed by atoms with Gasteiger partial charge >= 0.3 is 0 Å². The molecule has 1 aromatic heterocycles. The number of nitrogens with zero attached hydrogens (tertiary/aromatic N) is 3. The number of ether oxygens (including phenoxy) is 3. The first-order valence-electron chi connectivity index (χ1n) is 12.9. The molecule has 1 saturated heterocycles. The fourth-order valence-corrected chi connectivity index (χ4v) is 4.64. The van der Waals surface area contributed by atoms with Crippen LogP contribution in [0, 0.1) is 0 Å². The normalized spacial score (nSPS) is 14.2. The molecule has 1 aliphatic heterocycles. The van der Waals surface area contributed by atoms with E-state index in [1.165, 1.54) is 5.56 Å². The Morgan fingerprint density at radius 2 is 1.55 bits per heavy atom. The average Bonchev–Trinajstić information content (AvgIpc) is 2.93. The van der Waals surface area contributed by atoms with Crippen LogP contribution in [0.25, 0.3) is 0 Å². The summed E-state index contributed by atoms with van der Waals surface area (Å²) in [4.78, 5) is 22.0. The number of amides is 1. The van der Waals surface area contributed by atoms with E-state index in [1.807, 2.05) is 48.5 Å². The van der Waals surface area contributed by atoms with Gasteiger partial charge in [-0.3, -0.25) is 9.69 Å². The highest BCUT2D eigenvalue weighted by Crippen LogP contribution is 2.40. The number of hydrogen-bond donors (Lipinski definition) is 1. The molecule has 2 heterocycles. The van der Waals surface area contributed by atoms with Crippen LogP contribution in [-0.4, -0.2) is 63.3 Å². The maximum absolute atomic E-state index is 12.7. The molecule has 0 aliphatic carbocycles. The summed E-state index contributed by atoms with van der Waals surface area (Å²) < 4.78 is 16.6. The lowest BCUT2D eigenvalue weighted by atomic mass is 9.87. The zero-order valence-electron chi connectivity index (χ0n) is 23.2. The molecule has 38 heavy (non-hydrogen) atoms. The van der Waals surface area contributed by atoms with Crippen molar-refractivity contribution in [2.45, 2.75) is 32.7 Å². The average molecular weight is 519 g/mol. The SMILES string of the molecule is COc1ccc(CN2CCN(c3ccc(NC(=O)c4ccc(C(C)(C)C)cc4)cn3)CC2)c(OC)c1OC. The minimum Gasteiger partial charge on any atom is -0.493 e. The minimum atomic E-state index is -0.140. The summed E-state index contributed by atoms with van der Waals surface area (Å²) in [5.74, 6) is 2.74. The predicted molar refractivity (Wildman–Crippen MR) is 151 cm³/mol. The Kier molecular flexibility index (Phi) is 8.42. The second-order valence-corrected chi connectivity index (χ2v) is 10.4. The number of aromatic nitrogens is 1. The van der Waals surface area contributed by atoms with Crippen LogP contribution >= 0.6 is 0 Å². The highest BCUT2D eigenvalue weighted by Gasteiger charge is 2.22. The van der Waals surface area contributed by atoms with Crippen molar-refractivity contribution in [3.63, 3.8) is 0 Å². The van der Waals surface area contributed by atoms with Crippen molar-refractivity contribution in [3.8, 4) is 17.2 Å². The molecular weight excluding hydrogens is 480 g/mol. The van der Waals surface area contributed by atoms with Crippen LogP contribution in [0.1, 0.15) is 42.3 Å². The molecule has 1 aliphatic rings. The van der Waals surface area contributed by atoms with Gasteiger partial charge in [0.2, 0.25) is 5.75 Å². The Morgan fingerprint density at radius 1 is 0.868 bits per heavy atom. The molecule has 0 spiro atoms. The first-order chi connectivity index (χ1) is 18.2. The van der Waals surface area contributed by atoms with Gasteiger partial charge in [-0.1, -0.05) is 39.0 Å². The lowest BCUT2D eigenvalue weighted by Crippen LogP contribution is -2.46. The maximum Gasteiger partial charge on any atom is 0.255 e. The molecule has 1 fully saturated rings. The molecule has 202 valence electrons. The number of anilines is 2. The third-order valence-corrected chi connectivity index (χ3v) is 6.89. The van der Waals surface area contributed by atoms with Crippen molar-refractivity contribution in [2.75, 3.05) is 57.7 Å². The predicted octanol–water partition coefficient (Wildman–Crippen LogP) is 4.98. The van der Waals surface area contributed by atoms with E-state index >= 15 is 0 Å². The van der Waals surface area contributed by atoms with Gasteiger partial charge in [0.15, 0.2) is 11.5 Å². The summed E-state index contributed by atoms with van der Waals surface area (Å²) in [6, 6.07) is 15.6. The number of carbonyl (C=O) groups is 1. The van der Waals surface area contributed by atoms with Crippen LogP contribution in [-0.2, 0) is 12.0 Å². The first-order valence-corrected chi connectivity index (χ1v) is 12.9. The van der Waals surface area contributed by atoms with Crippen LogP contribution in [0.5, 0.6) is 17.2 Å². The number of piperazine rings is 1. The number of benzene rings is 2. The largest absolute Gasteiger partial charge is 0.493 e.